The number of fused-ring (bicyclic) bond motifs is 1. The van der Waals surface area contributed by atoms with Crippen molar-refractivity contribution in [3.63, 3.8) is 0 Å². The smallest absolute Gasteiger partial charge is 0.133 e. The van der Waals surface area contributed by atoms with Crippen molar-refractivity contribution in [2.75, 3.05) is 7.11 Å². The third-order valence-corrected chi connectivity index (χ3v) is 3.63. The molecule has 0 N–H and O–H groups in total. The summed E-state index contributed by atoms with van der Waals surface area (Å²) in [5, 5.41) is 1.38. The maximum Gasteiger partial charge on any atom is 0.133 e. The number of hydrogen-bond donors (Lipinski definition) is 0. The molecule has 0 aliphatic carbocycles. The second kappa shape index (κ2) is 4.83. The molecule has 1 aromatic carbocycles. The average Bonchev–Trinajstić information content (AvgIpc) is 2.90. The van der Waals surface area contributed by atoms with Crippen LogP contribution in [0.15, 0.2) is 41.4 Å². The minimum absolute atomic E-state index is 0.438. The molecule has 0 fully saturated rings. The summed E-state index contributed by atoms with van der Waals surface area (Å²) < 4.78 is 8.06. The highest BCUT2D eigenvalue weighted by molar-refractivity contribution is 9.10. The first-order valence-corrected chi connectivity index (χ1v) is 6.68. The largest absolute Gasteiger partial charge is 0.496 e. The van der Waals surface area contributed by atoms with Crippen molar-refractivity contribution in [1.82, 2.24) is 14.5 Å². The van der Waals surface area contributed by atoms with Crippen molar-refractivity contribution in [2.45, 2.75) is 0 Å². The van der Waals surface area contributed by atoms with E-state index in [-0.39, 0.29) is 0 Å². The molecule has 0 aliphatic heterocycles. The zero-order valence-corrected chi connectivity index (χ0v) is 12.3. The van der Waals surface area contributed by atoms with Crippen LogP contribution in [0.4, 0.5) is 0 Å². The summed E-state index contributed by atoms with van der Waals surface area (Å²) >= 11 is 9.52. The molecule has 0 spiro atoms. The van der Waals surface area contributed by atoms with Gasteiger partial charge in [-0.15, -0.1) is 0 Å². The second-order valence-corrected chi connectivity index (χ2v) is 5.18. The molecule has 0 saturated carbocycles. The minimum atomic E-state index is 0.438. The molecule has 0 bridgehead atoms. The van der Waals surface area contributed by atoms with Crippen molar-refractivity contribution < 1.29 is 4.74 Å². The predicted octanol–water partition coefficient (Wildman–Crippen LogP) is 3.85. The van der Waals surface area contributed by atoms with Gasteiger partial charge in [-0.3, -0.25) is 0 Å². The molecular formula is C13H9BrClN3O. The van der Waals surface area contributed by atoms with Crippen molar-refractivity contribution in [1.29, 1.82) is 0 Å². The van der Waals surface area contributed by atoms with Gasteiger partial charge in [0.2, 0.25) is 0 Å². The Morgan fingerprint density at radius 1 is 1.32 bits per heavy atom. The van der Waals surface area contributed by atoms with Gasteiger partial charge in [0.1, 0.15) is 10.9 Å². The Balaban J connectivity index is 2.37. The fraction of sp³-hybridized carbons (Fsp3) is 0.0769. The van der Waals surface area contributed by atoms with Crippen LogP contribution in [0.25, 0.3) is 16.6 Å². The maximum atomic E-state index is 6.08. The molecule has 0 aliphatic rings. The maximum absolute atomic E-state index is 6.08. The number of hydrogen-bond acceptors (Lipinski definition) is 3. The molecular weight excluding hydrogens is 330 g/mol. The zero-order valence-electron chi connectivity index (χ0n) is 9.97. The first-order valence-electron chi connectivity index (χ1n) is 5.51. The molecule has 2 heterocycles. The van der Waals surface area contributed by atoms with Gasteiger partial charge in [-0.05, 0) is 28.1 Å². The number of rotatable bonds is 2. The topological polar surface area (TPSA) is 39.9 Å². The van der Waals surface area contributed by atoms with Crippen molar-refractivity contribution in [3.05, 3.63) is 46.5 Å². The molecule has 96 valence electrons. The summed E-state index contributed by atoms with van der Waals surface area (Å²) in [6.07, 6.45) is 5.30. The lowest BCUT2D eigenvalue weighted by Crippen LogP contribution is -1.95. The van der Waals surface area contributed by atoms with Gasteiger partial charge < -0.3 is 9.30 Å². The van der Waals surface area contributed by atoms with Crippen LogP contribution >= 0.6 is 27.5 Å². The molecule has 2 aromatic heterocycles. The van der Waals surface area contributed by atoms with Crippen molar-refractivity contribution in [3.8, 4) is 11.4 Å². The van der Waals surface area contributed by atoms with Gasteiger partial charge in [-0.1, -0.05) is 11.6 Å². The lowest BCUT2D eigenvalue weighted by Gasteiger charge is -2.10. The van der Waals surface area contributed by atoms with Gasteiger partial charge in [0, 0.05) is 23.8 Å². The summed E-state index contributed by atoms with van der Waals surface area (Å²) in [4.78, 5) is 8.38. The van der Waals surface area contributed by atoms with Crippen LogP contribution in [0.3, 0.4) is 0 Å². The molecule has 3 aromatic rings. The number of nitrogens with zero attached hydrogens (tertiary/aromatic N) is 3. The van der Waals surface area contributed by atoms with E-state index < -0.39 is 0 Å². The summed E-state index contributed by atoms with van der Waals surface area (Å²) in [6.45, 7) is 0. The van der Waals surface area contributed by atoms with E-state index in [2.05, 4.69) is 25.9 Å². The van der Waals surface area contributed by atoms with Gasteiger partial charge in [0.05, 0.1) is 29.1 Å². The van der Waals surface area contributed by atoms with Gasteiger partial charge >= 0.3 is 0 Å². The molecule has 0 atom stereocenters. The number of pyridine rings is 1. The Labute approximate surface area is 123 Å². The third kappa shape index (κ3) is 2.19. The van der Waals surface area contributed by atoms with Crippen molar-refractivity contribution in [2.24, 2.45) is 0 Å². The summed E-state index contributed by atoms with van der Waals surface area (Å²) in [6, 6.07) is 5.62. The lowest BCUT2D eigenvalue weighted by atomic mass is 10.1. The highest BCUT2D eigenvalue weighted by Crippen LogP contribution is 2.33. The van der Waals surface area contributed by atoms with Gasteiger partial charge in [-0.25, -0.2) is 9.97 Å². The van der Waals surface area contributed by atoms with Crippen LogP contribution in [0.1, 0.15) is 0 Å². The van der Waals surface area contributed by atoms with Crippen LogP contribution in [0.2, 0.25) is 5.15 Å². The van der Waals surface area contributed by atoms with Crippen LogP contribution in [0.5, 0.6) is 5.75 Å². The standard InChI is InChI=1S/C13H9BrClN3O/c1-19-12-4-8-10(5-9(12)14)17-13(15)6-11(8)18-3-2-16-7-18/h2-7H,1H3. The molecule has 6 heteroatoms. The van der Waals surface area contributed by atoms with E-state index in [0.29, 0.717) is 5.15 Å². The van der Waals surface area contributed by atoms with Crippen LogP contribution < -0.4 is 4.74 Å². The highest BCUT2D eigenvalue weighted by atomic mass is 79.9. The fourth-order valence-electron chi connectivity index (χ4n) is 1.95. The quantitative estimate of drug-likeness (QED) is 0.666. The molecule has 3 rings (SSSR count). The van der Waals surface area contributed by atoms with E-state index in [1.54, 1.807) is 25.7 Å². The highest BCUT2D eigenvalue weighted by Gasteiger charge is 2.10. The van der Waals surface area contributed by atoms with Crippen LogP contribution in [-0.4, -0.2) is 21.6 Å². The van der Waals surface area contributed by atoms with Gasteiger partial charge in [-0.2, -0.15) is 0 Å². The van der Waals surface area contributed by atoms with E-state index in [1.807, 2.05) is 22.9 Å². The summed E-state index contributed by atoms with van der Waals surface area (Å²) in [7, 11) is 1.63. The van der Waals surface area contributed by atoms with E-state index >= 15 is 0 Å². The van der Waals surface area contributed by atoms with Crippen molar-refractivity contribution >= 4 is 38.4 Å². The predicted molar refractivity (Wildman–Crippen MR) is 78.1 cm³/mol. The lowest BCUT2D eigenvalue weighted by molar-refractivity contribution is 0.413. The number of benzene rings is 1. The SMILES string of the molecule is COc1cc2c(-n3ccnc3)cc(Cl)nc2cc1Br. The van der Waals surface area contributed by atoms with Gasteiger partial charge in [0.15, 0.2) is 0 Å². The Bertz CT molecular complexity index is 743. The first-order chi connectivity index (χ1) is 9.19. The number of methoxy groups -OCH3 is 1. The number of aromatic nitrogens is 3. The van der Waals surface area contributed by atoms with E-state index in [0.717, 1.165) is 26.8 Å². The summed E-state index contributed by atoms with van der Waals surface area (Å²) in [5.41, 5.74) is 1.71. The second-order valence-electron chi connectivity index (χ2n) is 3.94. The number of ether oxygens (including phenoxy) is 1. The molecule has 0 radical (unpaired) electrons. The monoisotopic (exact) mass is 337 g/mol. The van der Waals surface area contributed by atoms with E-state index in [9.17, 15) is 0 Å². The van der Waals surface area contributed by atoms with E-state index in [1.165, 1.54) is 0 Å². The van der Waals surface area contributed by atoms with E-state index in [4.69, 9.17) is 16.3 Å². The summed E-state index contributed by atoms with van der Waals surface area (Å²) in [5.74, 6) is 0.748. The number of imidazole rings is 1. The third-order valence-electron chi connectivity index (χ3n) is 2.81. The first kappa shape index (κ1) is 12.4. The Morgan fingerprint density at radius 3 is 2.84 bits per heavy atom. The Hall–Kier alpha value is -1.59. The van der Waals surface area contributed by atoms with Crippen LogP contribution in [0, 0.1) is 0 Å². The zero-order chi connectivity index (χ0) is 13.4. The normalized spacial score (nSPS) is 10.9. The molecule has 0 saturated heterocycles. The van der Waals surface area contributed by atoms with Crippen LogP contribution in [-0.2, 0) is 0 Å². The Kier molecular flexibility index (Phi) is 3.16. The Morgan fingerprint density at radius 2 is 2.16 bits per heavy atom. The molecule has 0 amide bonds. The molecule has 4 nitrogen and oxygen atoms in total. The molecule has 19 heavy (non-hydrogen) atoms. The average molecular weight is 339 g/mol. The number of halogens is 2. The fourth-order valence-corrected chi connectivity index (χ4v) is 2.64. The minimum Gasteiger partial charge on any atom is -0.496 e. The molecule has 0 unspecified atom stereocenters. The van der Waals surface area contributed by atoms with Gasteiger partial charge in [0.25, 0.3) is 0 Å².